The fourth-order valence-corrected chi connectivity index (χ4v) is 3.95. The van der Waals surface area contributed by atoms with Gasteiger partial charge in [-0.3, -0.25) is 4.79 Å². The summed E-state index contributed by atoms with van der Waals surface area (Å²) in [4.78, 5) is 32.9. The third-order valence-electron chi connectivity index (χ3n) is 5.57. The van der Waals surface area contributed by atoms with E-state index in [-0.39, 0.29) is 34.6 Å². The molecule has 2 aromatic heterocycles. The number of hydrogen-bond donors (Lipinski definition) is 1. The normalized spacial score (nSPS) is 11.4. The van der Waals surface area contributed by atoms with Crippen molar-refractivity contribution in [2.45, 2.75) is 59.4 Å². The Labute approximate surface area is 228 Å². The Morgan fingerprint density at radius 1 is 1.13 bits per heavy atom. The van der Waals surface area contributed by atoms with Crippen LogP contribution in [0.15, 0.2) is 29.1 Å². The number of aryl methyl sites for hydroxylation is 1. The number of anilines is 1. The molecule has 0 unspecified atom stereocenters. The number of aromatic nitrogens is 3. The van der Waals surface area contributed by atoms with Gasteiger partial charge >= 0.3 is 11.9 Å². The Hall–Kier alpha value is -3.44. The van der Waals surface area contributed by atoms with E-state index in [2.05, 4.69) is 54.9 Å². The second kappa shape index (κ2) is 12.9. The summed E-state index contributed by atoms with van der Waals surface area (Å²) in [5, 5.41) is 6.04. The first kappa shape index (κ1) is 29.1. The molecule has 0 spiro atoms. The number of thiazole rings is 1. The summed E-state index contributed by atoms with van der Waals surface area (Å²) in [5.74, 6) is 0.0734. The summed E-state index contributed by atoms with van der Waals surface area (Å²) in [6, 6.07) is 6.37. The van der Waals surface area contributed by atoms with Gasteiger partial charge in [-0.25, -0.2) is 4.98 Å². The lowest BCUT2D eigenvalue weighted by Gasteiger charge is -2.26. The molecule has 0 saturated carbocycles. The van der Waals surface area contributed by atoms with Crippen LogP contribution in [0, 0.1) is 6.92 Å². The van der Waals surface area contributed by atoms with Gasteiger partial charge in [-0.2, -0.15) is 9.97 Å². The smallest absolute Gasteiger partial charge is 0.323 e. The lowest BCUT2D eigenvalue weighted by molar-refractivity contribution is 0.0869. The van der Waals surface area contributed by atoms with Crippen molar-refractivity contribution in [3.63, 3.8) is 0 Å². The van der Waals surface area contributed by atoms with Crippen molar-refractivity contribution in [3.8, 4) is 23.5 Å². The summed E-state index contributed by atoms with van der Waals surface area (Å²) in [5.41, 5.74) is 3.63. The highest BCUT2D eigenvalue weighted by Gasteiger charge is 2.32. The SMILES string of the molecule is COc1nc(OCCCNC(C)C)nc(OC)c1N(Oc1cc(C(C)(C)C)ccc1C)C(=O)c1cscn1. The zero-order chi connectivity index (χ0) is 27.9. The fraction of sp³-hybridized carbons (Fsp3) is 0.481. The Kier molecular flexibility index (Phi) is 9.87. The van der Waals surface area contributed by atoms with Crippen molar-refractivity contribution in [1.82, 2.24) is 20.3 Å². The summed E-state index contributed by atoms with van der Waals surface area (Å²) < 4.78 is 16.9. The molecule has 0 atom stereocenters. The number of carbonyl (C=O) groups excluding carboxylic acids is 1. The van der Waals surface area contributed by atoms with Crippen LogP contribution in [0.4, 0.5) is 5.69 Å². The monoisotopic (exact) mass is 543 g/mol. The Balaban J connectivity index is 2.02. The molecule has 2 heterocycles. The molecule has 206 valence electrons. The maximum absolute atomic E-state index is 13.7. The van der Waals surface area contributed by atoms with Crippen molar-refractivity contribution in [3.05, 3.63) is 45.9 Å². The van der Waals surface area contributed by atoms with E-state index in [1.807, 2.05) is 25.1 Å². The van der Waals surface area contributed by atoms with Gasteiger partial charge in [-0.05, 0) is 42.5 Å². The van der Waals surface area contributed by atoms with Crippen molar-refractivity contribution >= 4 is 22.9 Å². The first-order valence-electron chi connectivity index (χ1n) is 12.4. The van der Waals surface area contributed by atoms with Gasteiger partial charge in [0.1, 0.15) is 5.69 Å². The molecule has 3 aromatic rings. The van der Waals surface area contributed by atoms with Crippen LogP contribution in [0.3, 0.4) is 0 Å². The third-order valence-corrected chi connectivity index (χ3v) is 6.16. The summed E-state index contributed by atoms with van der Waals surface area (Å²) in [6.45, 7) is 13.6. The van der Waals surface area contributed by atoms with Crippen LogP contribution in [0.5, 0.6) is 23.5 Å². The lowest BCUT2D eigenvalue weighted by Crippen LogP contribution is -2.36. The highest BCUT2D eigenvalue weighted by atomic mass is 32.1. The molecule has 1 aromatic carbocycles. The van der Waals surface area contributed by atoms with E-state index in [9.17, 15) is 4.79 Å². The van der Waals surface area contributed by atoms with Gasteiger partial charge < -0.3 is 24.4 Å². The summed E-state index contributed by atoms with van der Waals surface area (Å²) in [6.07, 6.45) is 0.759. The number of amides is 1. The van der Waals surface area contributed by atoms with Crippen LogP contribution in [0.25, 0.3) is 0 Å². The van der Waals surface area contributed by atoms with Crippen LogP contribution in [0.1, 0.15) is 62.7 Å². The van der Waals surface area contributed by atoms with Crippen LogP contribution < -0.4 is 29.4 Å². The molecule has 0 bridgehead atoms. The standard InChI is InChI=1S/C27H37N5O5S/c1-17(2)28-12-9-13-36-26-30-23(34-7)22(24(31-26)35-8)32(25(33)20-15-38-16-29-20)37-21-14-19(27(4,5)6)11-10-18(21)3/h10-11,14-17,28H,9,12-13H2,1-8H3. The third kappa shape index (κ3) is 7.32. The molecule has 0 aliphatic heterocycles. The number of hydrogen-bond acceptors (Lipinski definition) is 10. The van der Waals surface area contributed by atoms with Gasteiger partial charge in [-0.15, -0.1) is 16.4 Å². The number of nitrogens with one attached hydrogen (secondary N) is 1. The zero-order valence-corrected chi connectivity index (χ0v) is 24.1. The average molecular weight is 544 g/mol. The molecule has 3 rings (SSSR count). The molecule has 0 radical (unpaired) electrons. The Morgan fingerprint density at radius 2 is 1.82 bits per heavy atom. The first-order chi connectivity index (χ1) is 18.0. The topological polar surface area (TPSA) is 108 Å². The predicted molar refractivity (Wildman–Crippen MR) is 148 cm³/mol. The number of methoxy groups -OCH3 is 2. The molecule has 10 nitrogen and oxygen atoms in total. The molecule has 0 fully saturated rings. The van der Waals surface area contributed by atoms with Gasteiger partial charge in [-0.1, -0.05) is 46.8 Å². The van der Waals surface area contributed by atoms with E-state index < -0.39 is 5.91 Å². The molecule has 1 N–H and O–H groups in total. The highest BCUT2D eigenvalue weighted by molar-refractivity contribution is 7.07. The maximum atomic E-state index is 13.7. The van der Waals surface area contributed by atoms with Gasteiger partial charge in [0.05, 0.1) is 26.3 Å². The molecule has 38 heavy (non-hydrogen) atoms. The van der Waals surface area contributed by atoms with E-state index in [0.717, 1.165) is 29.2 Å². The molecule has 1 amide bonds. The number of carbonyl (C=O) groups is 1. The minimum atomic E-state index is -0.527. The largest absolute Gasteiger partial charge is 0.479 e. The van der Waals surface area contributed by atoms with E-state index in [0.29, 0.717) is 18.4 Å². The van der Waals surface area contributed by atoms with Crippen molar-refractivity contribution in [2.75, 3.05) is 32.4 Å². The van der Waals surface area contributed by atoms with Crippen LogP contribution >= 0.6 is 11.3 Å². The number of nitrogens with zero attached hydrogens (tertiary/aromatic N) is 4. The van der Waals surface area contributed by atoms with Crippen molar-refractivity contribution in [1.29, 1.82) is 0 Å². The minimum absolute atomic E-state index is 0.0559. The maximum Gasteiger partial charge on any atom is 0.323 e. The van der Waals surface area contributed by atoms with Crippen LogP contribution in [-0.4, -0.2) is 54.3 Å². The Morgan fingerprint density at radius 3 is 2.37 bits per heavy atom. The summed E-state index contributed by atoms with van der Waals surface area (Å²) >= 11 is 1.30. The van der Waals surface area contributed by atoms with E-state index in [1.165, 1.54) is 25.6 Å². The van der Waals surface area contributed by atoms with E-state index in [1.54, 1.807) is 10.9 Å². The number of ether oxygens (including phenoxy) is 3. The second-order valence-corrected chi connectivity index (χ2v) is 10.7. The van der Waals surface area contributed by atoms with Gasteiger partial charge in [0.25, 0.3) is 11.8 Å². The minimum Gasteiger partial charge on any atom is -0.479 e. The predicted octanol–water partition coefficient (Wildman–Crippen LogP) is 4.96. The highest BCUT2D eigenvalue weighted by Crippen LogP contribution is 2.39. The molecule has 0 saturated heterocycles. The number of rotatable bonds is 12. The van der Waals surface area contributed by atoms with Crippen molar-refractivity contribution in [2.24, 2.45) is 0 Å². The average Bonchev–Trinajstić information content (AvgIpc) is 3.41. The summed E-state index contributed by atoms with van der Waals surface area (Å²) in [7, 11) is 2.89. The van der Waals surface area contributed by atoms with Crippen molar-refractivity contribution < 1.29 is 23.8 Å². The molecule has 11 heteroatoms. The van der Waals surface area contributed by atoms with Crippen LogP contribution in [0.2, 0.25) is 0 Å². The first-order valence-corrected chi connectivity index (χ1v) is 13.4. The number of benzene rings is 1. The van der Waals surface area contributed by atoms with Crippen LogP contribution in [-0.2, 0) is 5.41 Å². The van der Waals surface area contributed by atoms with Gasteiger partial charge in [0.2, 0.25) is 5.69 Å². The zero-order valence-electron chi connectivity index (χ0n) is 23.3. The molecule has 0 aliphatic rings. The molecule has 0 aliphatic carbocycles. The van der Waals surface area contributed by atoms with E-state index in [4.69, 9.17) is 19.0 Å². The van der Waals surface area contributed by atoms with E-state index >= 15 is 0 Å². The van der Waals surface area contributed by atoms with Gasteiger partial charge in [0.15, 0.2) is 5.75 Å². The lowest BCUT2D eigenvalue weighted by atomic mass is 9.86. The molecular weight excluding hydrogens is 506 g/mol. The second-order valence-electron chi connectivity index (χ2n) is 9.98. The fourth-order valence-electron chi connectivity index (χ4n) is 3.42. The molecular formula is C27H37N5O5S. The Bertz CT molecular complexity index is 1190. The van der Waals surface area contributed by atoms with Gasteiger partial charge in [0, 0.05) is 11.4 Å². The quantitative estimate of drug-likeness (QED) is 0.250. The number of hydroxylamine groups is 1.